The number of hydrogen-bond donors (Lipinski definition) is 1. The summed E-state index contributed by atoms with van der Waals surface area (Å²) in [5, 5.41) is 0. The predicted molar refractivity (Wildman–Crippen MR) is 81.4 cm³/mol. The van der Waals surface area contributed by atoms with E-state index in [1.54, 1.807) is 19.4 Å². The van der Waals surface area contributed by atoms with E-state index in [1.165, 1.54) is 0 Å². The molecule has 0 unspecified atom stereocenters. The summed E-state index contributed by atoms with van der Waals surface area (Å²) >= 11 is 0. The molecule has 0 radical (unpaired) electrons. The number of hydrogen-bond acceptors (Lipinski definition) is 3. The number of methoxy groups -OCH3 is 1. The zero-order valence-corrected chi connectivity index (χ0v) is 13.0. The lowest BCUT2D eigenvalue weighted by Gasteiger charge is -2.38. The van der Waals surface area contributed by atoms with Crippen molar-refractivity contribution in [2.24, 2.45) is 5.41 Å². The summed E-state index contributed by atoms with van der Waals surface area (Å²) in [4.78, 5) is 31.9. The van der Waals surface area contributed by atoms with Gasteiger partial charge in [-0.15, -0.1) is 0 Å². The van der Waals surface area contributed by atoms with Crippen LogP contribution >= 0.6 is 0 Å². The van der Waals surface area contributed by atoms with Crippen LogP contribution in [-0.4, -0.2) is 66.5 Å². The van der Waals surface area contributed by atoms with Crippen molar-refractivity contribution in [3.63, 3.8) is 0 Å². The molecule has 1 spiro atoms. The highest BCUT2D eigenvalue weighted by atomic mass is 16.5. The molecule has 2 amide bonds. The Morgan fingerprint density at radius 3 is 3.00 bits per heavy atom. The van der Waals surface area contributed by atoms with Crippen molar-refractivity contribution in [1.29, 1.82) is 0 Å². The highest BCUT2D eigenvalue weighted by Crippen LogP contribution is 2.40. The number of carbonyl (C=O) groups is 2. The fourth-order valence-corrected chi connectivity index (χ4v) is 3.63. The molecule has 1 aromatic rings. The maximum absolute atomic E-state index is 12.8. The normalized spacial score (nSPS) is 25.2. The molecule has 0 aromatic carbocycles. The van der Waals surface area contributed by atoms with Crippen LogP contribution in [0.15, 0.2) is 18.3 Å². The van der Waals surface area contributed by atoms with E-state index < -0.39 is 0 Å². The van der Waals surface area contributed by atoms with Crippen molar-refractivity contribution in [3.8, 4) is 0 Å². The summed E-state index contributed by atoms with van der Waals surface area (Å²) in [6.07, 6.45) is 4.35. The van der Waals surface area contributed by atoms with Crippen LogP contribution in [0.1, 0.15) is 29.8 Å². The number of aromatic amines is 1. The number of ether oxygens (including phenoxy) is 1. The van der Waals surface area contributed by atoms with E-state index >= 15 is 0 Å². The minimum atomic E-state index is -0.381. The molecule has 6 heteroatoms. The molecule has 0 bridgehead atoms. The predicted octanol–water partition coefficient (Wildman–Crippen LogP) is 1.12. The zero-order valence-electron chi connectivity index (χ0n) is 13.0. The second-order valence-electron chi connectivity index (χ2n) is 6.23. The number of rotatable bonds is 4. The minimum absolute atomic E-state index is 0.00721. The lowest BCUT2D eigenvalue weighted by Crippen LogP contribution is -2.50. The molecule has 3 heterocycles. The lowest BCUT2D eigenvalue weighted by molar-refractivity contribution is -0.138. The van der Waals surface area contributed by atoms with Gasteiger partial charge in [-0.25, -0.2) is 0 Å². The van der Waals surface area contributed by atoms with E-state index in [9.17, 15) is 9.59 Å². The Balaban J connectivity index is 1.70. The van der Waals surface area contributed by atoms with Crippen LogP contribution in [0.2, 0.25) is 0 Å². The standard InChI is InChI=1S/C16H23N3O3/c1-22-11-10-18-9-6-16(15(18)21)5-3-8-19(12-16)14(20)13-4-2-7-17-13/h2,4,7,17H,3,5-6,8-12H2,1H3/t16-/m1/s1. The van der Waals surface area contributed by atoms with Crippen molar-refractivity contribution >= 4 is 11.8 Å². The Morgan fingerprint density at radius 1 is 1.41 bits per heavy atom. The van der Waals surface area contributed by atoms with Crippen LogP contribution in [0, 0.1) is 5.41 Å². The second kappa shape index (κ2) is 6.12. The van der Waals surface area contributed by atoms with E-state index in [2.05, 4.69) is 4.98 Å². The van der Waals surface area contributed by atoms with Gasteiger partial charge in [0.15, 0.2) is 0 Å². The molecular weight excluding hydrogens is 282 g/mol. The Bertz CT molecular complexity index is 543. The van der Waals surface area contributed by atoms with Gasteiger partial charge in [-0.2, -0.15) is 0 Å². The van der Waals surface area contributed by atoms with Crippen molar-refractivity contribution in [2.45, 2.75) is 19.3 Å². The Hall–Kier alpha value is -1.82. The summed E-state index contributed by atoms with van der Waals surface area (Å²) in [6, 6.07) is 3.60. The lowest BCUT2D eigenvalue weighted by atomic mass is 9.78. The quantitative estimate of drug-likeness (QED) is 0.906. The molecule has 3 rings (SSSR count). The number of aromatic nitrogens is 1. The molecule has 1 aromatic heterocycles. The van der Waals surface area contributed by atoms with Crippen LogP contribution in [0.5, 0.6) is 0 Å². The molecule has 1 atom stereocenters. The number of carbonyl (C=O) groups excluding carboxylic acids is 2. The fraction of sp³-hybridized carbons (Fsp3) is 0.625. The molecule has 6 nitrogen and oxygen atoms in total. The fourth-order valence-electron chi connectivity index (χ4n) is 3.63. The van der Waals surface area contributed by atoms with Gasteiger partial charge >= 0.3 is 0 Å². The maximum atomic E-state index is 12.8. The van der Waals surface area contributed by atoms with Crippen molar-refractivity contribution in [2.75, 3.05) is 39.9 Å². The third-order valence-corrected chi connectivity index (χ3v) is 4.86. The molecule has 2 aliphatic rings. The molecule has 2 saturated heterocycles. The van der Waals surface area contributed by atoms with Crippen molar-refractivity contribution < 1.29 is 14.3 Å². The first-order valence-electron chi connectivity index (χ1n) is 7.87. The third-order valence-electron chi connectivity index (χ3n) is 4.86. The average molecular weight is 305 g/mol. The summed E-state index contributed by atoms with van der Waals surface area (Å²) < 4.78 is 5.07. The van der Waals surface area contributed by atoms with Gasteiger partial charge in [0.1, 0.15) is 5.69 Å². The van der Waals surface area contributed by atoms with Crippen LogP contribution in [0.25, 0.3) is 0 Å². The van der Waals surface area contributed by atoms with Gasteiger partial charge in [0, 0.05) is 39.5 Å². The largest absolute Gasteiger partial charge is 0.383 e. The Kier molecular flexibility index (Phi) is 4.20. The Morgan fingerprint density at radius 2 is 2.27 bits per heavy atom. The summed E-state index contributed by atoms with van der Waals surface area (Å²) in [5.41, 5.74) is 0.215. The van der Waals surface area contributed by atoms with E-state index in [-0.39, 0.29) is 17.2 Å². The summed E-state index contributed by atoms with van der Waals surface area (Å²) in [7, 11) is 1.65. The first-order valence-corrected chi connectivity index (χ1v) is 7.87. The summed E-state index contributed by atoms with van der Waals surface area (Å²) in [5.74, 6) is 0.181. The monoisotopic (exact) mass is 305 g/mol. The first kappa shape index (κ1) is 15.1. The van der Waals surface area contributed by atoms with Crippen LogP contribution < -0.4 is 0 Å². The Labute approximate surface area is 130 Å². The molecule has 120 valence electrons. The van der Waals surface area contributed by atoms with E-state index in [4.69, 9.17) is 4.74 Å². The maximum Gasteiger partial charge on any atom is 0.270 e. The van der Waals surface area contributed by atoms with Crippen molar-refractivity contribution in [3.05, 3.63) is 24.0 Å². The topological polar surface area (TPSA) is 65.6 Å². The van der Waals surface area contributed by atoms with Gasteiger partial charge in [-0.1, -0.05) is 0 Å². The average Bonchev–Trinajstić information content (AvgIpc) is 3.16. The zero-order chi connectivity index (χ0) is 15.6. The number of nitrogens with zero attached hydrogens (tertiary/aromatic N) is 2. The van der Waals surface area contributed by atoms with Gasteiger partial charge in [0.05, 0.1) is 12.0 Å². The highest BCUT2D eigenvalue weighted by molar-refractivity contribution is 5.93. The van der Waals surface area contributed by atoms with Crippen LogP contribution in [0.4, 0.5) is 0 Å². The summed E-state index contributed by atoms with van der Waals surface area (Å²) in [6.45, 7) is 3.24. The molecule has 2 aliphatic heterocycles. The first-order chi connectivity index (χ1) is 10.7. The van der Waals surface area contributed by atoms with Crippen molar-refractivity contribution in [1.82, 2.24) is 14.8 Å². The van der Waals surface area contributed by atoms with E-state index in [0.717, 1.165) is 32.4 Å². The minimum Gasteiger partial charge on any atom is -0.383 e. The van der Waals surface area contributed by atoms with Gasteiger partial charge in [0.25, 0.3) is 5.91 Å². The van der Waals surface area contributed by atoms with Crippen LogP contribution in [-0.2, 0) is 9.53 Å². The molecular formula is C16H23N3O3. The van der Waals surface area contributed by atoms with Gasteiger partial charge in [0.2, 0.25) is 5.91 Å². The molecule has 0 saturated carbocycles. The number of nitrogens with one attached hydrogen (secondary N) is 1. The number of H-pyrrole nitrogens is 1. The molecule has 0 aliphatic carbocycles. The van der Waals surface area contributed by atoms with Gasteiger partial charge < -0.3 is 19.5 Å². The number of likely N-dealkylation sites (tertiary alicyclic amines) is 2. The smallest absolute Gasteiger partial charge is 0.270 e. The van der Waals surface area contributed by atoms with E-state index in [0.29, 0.717) is 25.4 Å². The third kappa shape index (κ3) is 2.63. The number of amides is 2. The second-order valence-corrected chi connectivity index (χ2v) is 6.23. The van der Waals surface area contributed by atoms with Crippen LogP contribution in [0.3, 0.4) is 0 Å². The van der Waals surface area contributed by atoms with Gasteiger partial charge in [-0.05, 0) is 31.4 Å². The van der Waals surface area contributed by atoms with E-state index in [1.807, 2.05) is 15.9 Å². The number of piperidine rings is 1. The van der Waals surface area contributed by atoms with Gasteiger partial charge in [-0.3, -0.25) is 9.59 Å². The molecule has 22 heavy (non-hydrogen) atoms. The molecule has 2 fully saturated rings. The SMILES string of the molecule is COCCN1CC[C@@]2(CCCN(C(=O)c3ccc[nH]3)C2)C1=O. The highest BCUT2D eigenvalue weighted by Gasteiger charge is 2.49. The molecule has 1 N–H and O–H groups in total.